The first-order valence-electron chi connectivity index (χ1n) is 5.16. The summed E-state index contributed by atoms with van der Waals surface area (Å²) in [6, 6.07) is 0. The third kappa shape index (κ3) is 1.38. The summed E-state index contributed by atoms with van der Waals surface area (Å²) in [6.07, 6.45) is 6.74. The molecule has 0 spiro atoms. The molecule has 1 rings (SSSR count). The molecule has 0 unspecified atom stereocenters. The van der Waals surface area contributed by atoms with Crippen molar-refractivity contribution in [3.63, 3.8) is 0 Å². The molecular formula is C10H22N2. The van der Waals surface area contributed by atoms with Crippen molar-refractivity contribution in [2.75, 3.05) is 0 Å². The maximum absolute atomic E-state index is 6.32. The van der Waals surface area contributed by atoms with Gasteiger partial charge in [0.05, 0.1) is 0 Å². The Morgan fingerprint density at radius 1 is 0.917 bits per heavy atom. The second-order valence-electron chi connectivity index (χ2n) is 4.23. The van der Waals surface area contributed by atoms with Crippen molar-refractivity contribution < 1.29 is 0 Å². The van der Waals surface area contributed by atoms with E-state index in [4.69, 9.17) is 11.5 Å². The van der Waals surface area contributed by atoms with Crippen molar-refractivity contribution in [3.8, 4) is 0 Å². The highest BCUT2D eigenvalue weighted by Crippen LogP contribution is 2.37. The SMILES string of the molecule is CC[C@@]1(N)CCCC[C@]1(N)CC. The Morgan fingerprint density at radius 2 is 1.25 bits per heavy atom. The molecule has 0 aliphatic heterocycles. The van der Waals surface area contributed by atoms with Crippen molar-refractivity contribution in [2.24, 2.45) is 11.5 Å². The molecule has 1 saturated carbocycles. The van der Waals surface area contributed by atoms with Gasteiger partial charge in [-0.1, -0.05) is 26.7 Å². The highest BCUT2D eigenvalue weighted by atomic mass is 14.9. The Morgan fingerprint density at radius 3 is 1.50 bits per heavy atom. The topological polar surface area (TPSA) is 52.0 Å². The van der Waals surface area contributed by atoms with Crippen LogP contribution in [0, 0.1) is 0 Å². The fourth-order valence-electron chi connectivity index (χ4n) is 2.44. The molecule has 0 amide bonds. The van der Waals surface area contributed by atoms with Gasteiger partial charge in [0, 0.05) is 11.1 Å². The Labute approximate surface area is 75.7 Å². The van der Waals surface area contributed by atoms with Crippen LogP contribution in [0.15, 0.2) is 0 Å². The summed E-state index contributed by atoms with van der Waals surface area (Å²) in [5.41, 5.74) is 12.5. The van der Waals surface area contributed by atoms with Crippen LogP contribution in [-0.2, 0) is 0 Å². The Bertz CT molecular complexity index is 140. The fourth-order valence-corrected chi connectivity index (χ4v) is 2.44. The molecule has 0 aromatic carbocycles. The average molecular weight is 170 g/mol. The van der Waals surface area contributed by atoms with Crippen LogP contribution in [-0.4, -0.2) is 11.1 Å². The van der Waals surface area contributed by atoms with Crippen molar-refractivity contribution in [3.05, 3.63) is 0 Å². The second-order valence-corrected chi connectivity index (χ2v) is 4.23. The summed E-state index contributed by atoms with van der Waals surface area (Å²) in [4.78, 5) is 0. The van der Waals surface area contributed by atoms with E-state index in [2.05, 4.69) is 13.8 Å². The standard InChI is InChI=1S/C10H22N2/c1-3-9(11)7-5-6-8-10(9,12)4-2/h3-8,11-12H2,1-2H3/t9-,10-/m1/s1. The minimum Gasteiger partial charge on any atom is -0.324 e. The Balaban J connectivity index is 2.79. The molecule has 1 aliphatic rings. The van der Waals surface area contributed by atoms with Crippen molar-refractivity contribution in [1.82, 2.24) is 0 Å². The van der Waals surface area contributed by atoms with Crippen LogP contribution in [0.25, 0.3) is 0 Å². The average Bonchev–Trinajstić information content (AvgIpc) is 2.10. The van der Waals surface area contributed by atoms with Gasteiger partial charge in [-0.05, 0) is 25.7 Å². The number of rotatable bonds is 2. The van der Waals surface area contributed by atoms with Gasteiger partial charge in [0.1, 0.15) is 0 Å². The molecule has 0 aromatic heterocycles. The van der Waals surface area contributed by atoms with Gasteiger partial charge in [0.25, 0.3) is 0 Å². The number of hydrogen-bond acceptors (Lipinski definition) is 2. The van der Waals surface area contributed by atoms with Crippen LogP contribution in [0.5, 0.6) is 0 Å². The Hall–Kier alpha value is -0.0800. The molecule has 1 fully saturated rings. The van der Waals surface area contributed by atoms with Gasteiger partial charge in [0.2, 0.25) is 0 Å². The third-order valence-corrected chi connectivity index (χ3v) is 3.75. The lowest BCUT2D eigenvalue weighted by Gasteiger charge is -2.49. The number of hydrogen-bond donors (Lipinski definition) is 2. The minimum atomic E-state index is -0.0972. The molecule has 72 valence electrons. The van der Waals surface area contributed by atoms with Crippen LogP contribution < -0.4 is 11.5 Å². The van der Waals surface area contributed by atoms with E-state index in [1.165, 1.54) is 12.8 Å². The van der Waals surface area contributed by atoms with E-state index in [0.717, 1.165) is 25.7 Å². The monoisotopic (exact) mass is 170 g/mol. The third-order valence-electron chi connectivity index (χ3n) is 3.75. The number of nitrogens with two attached hydrogens (primary N) is 2. The van der Waals surface area contributed by atoms with E-state index in [0.29, 0.717) is 0 Å². The first-order chi connectivity index (χ1) is 5.58. The first kappa shape index (κ1) is 10.0. The van der Waals surface area contributed by atoms with E-state index in [-0.39, 0.29) is 11.1 Å². The summed E-state index contributed by atoms with van der Waals surface area (Å²) >= 11 is 0. The molecule has 2 heteroatoms. The Kier molecular flexibility index (Phi) is 2.79. The van der Waals surface area contributed by atoms with Crippen molar-refractivity contribution in [2.45, 2.75) is 63.5 Å². The molecule has 0 radical (unpaired) electrons. The molecule has 1 aliphatic carbocycles. The van der Waals surface area contributed by atoms with E-state index in [1.54, 1.807) is 0 Å². The highest BCUT2D eigenvalue weighted by Gasteiger charge is 2.44. The lowest BCUT2D eigenvalue weighted by atomic mass is 9.65. The van der Waals surface area contributed by atoms with Crippen LogP contribution in [0.4, 0.5) is 0 Å². The van der Waals surface area contributed by atoms with Gasteiger partial charge in [-0.15, -0.1) is 0 Å². The molecule has 0 heterocycles. The van der Waals surface area contributed by atoms with Crippen molar-refractivity contribution >= 4 is 0 Å². The van der Waals surface area contributed by atoms with E-state index in [1.807, 2.05) is 0 Å². The molecular weight excluding hydrogens is 148 g/mol. The predicted molar refractivity (Wildman–Crippen MR) is 52.9 cm³/mol. The summed E-state index contributed by atoms with van der Waals surface area (Å²) in [6.45, 7) is 4.31. The second kappa shape index (κ2) is 3.35. The van der Waals surface area contributed by atoms with Gasteiger partial charge in [-0.3, -0.25) is 0 Å². The first-order valence-corrected chi connectivity index (χ1v) is 5.16. The van der Waals surface area contributed by atoms with Crippen LogP contribution in [0.1, 0.15) is 52.4 Å². The van der Waals surface area contributed by atoms with Crippen LogP contribution in [0.2, 0.25) is 0 Å². The van der Waals surface area contributed by atoms with Gasteiger partial charge >= 0.3 is 0 Å². The quantitative estimate of drug-likeness (QED) is 0.663. The highest BCUT2D eigenvalue weighted by molar-refractivity contribution is 5.07. The molecule has 2 atom stereocenters. The van der Waals surface area contributed by atoms with Gasteiger partial charge in [-0.25, -0.2) is 0 Å². The maximum Gasteiger partial charge on any atom is 0.0334 e. The molecule has 4 N–H and O–H groups in total. The molecule has 12 heavy (non-hydrogen) atoms. The summed E-state index contributed by atoms with van der Waals surface area (Å²) in [5.74, 6) is 0. The predicted octanol–water partition coefficient (Wildman–Crippen LogP) is 1.78. The van der Waals surface area contributed by atoms with Crippen LogP contribution >= 0.6 is 0 Å². The summed E-state index contributed by atoms with van der Waals surface area (Å²) in [5, 5.41) is 0. The zero-order valence-electron chi connectivity index (χ0n) is 8.40. The van der Waals surface area contributed by atoms with E-state index < -0.39 is 0 Å². The van der Waals surface area contributed by atoms with E-state index >= 15 is 0 Å². The molecule has 2 nitrogen and oxygen atoms in total. The van der Waals surface area contributed by atoms with Gasteiger partial charge < -0.3 is 11.5 Å². The summed E-state index contributed by atoms with van der Waals surface area (Å²) in [7, 11) is 0. The molecule has 0 bridgehead atoms. The normalized spacial score (nSPS) is 43.0. The summed E-state index contributed by atoms with van der Waals surface area (Å²) < 4.78 is 0. The van der Waals surface area contributed by atoms with Crippen molar-refractivity contribution in [1.29, 1.82) is 0 Å². The largest absolute Gasteiger partial charge is 0.324 e. The molecule has 0 aromatic rings. The zero-order valence-corrected chi connectivity index (χ0v) is 8.40. The van der Waals surface area contributed by atoms with Crippen LogP contribution in [0.3, 0.4) is 0 Å². The molecule has 0 saturated heterocycles. The minimum absolute atomic E-state index is 0.0972. The smallest absolute Gasteiger partial charge is 0.0334 e. The van der Waals surface area contributed by atoms with Gasteiger partial charge in [0.15, 0.2) is 0 Å². The lowest BCUT2D eigenvalue weighted by molar-refractivity contribution is 0.137. The lowest BCUT2D eigenvalue weighted by Crippen LogP contribution is -2.66. The fraction of sp³-hybridized carbons (Fsp3) is 1.00. The maximum atomic E-state index is 6.32. The zero-order chi connectivity index (χ0) is 9.24. The van der Waals surface area contributed by atoms with E-state index in [9.17, 15) is 0 Å². The van der Waals surface area contributed by atoms with Gasteiger partial charge in [-0.2, -0.15) is 0 Å².